The number of furan rings is 1. The molecule has 1 amide bonds. The van der Waals surface area contributed by atoms with E-state index in [2.05, 4.69) is 52.2 Å². The first-order chi connectivity index (χ1) is 18.0. The van der Waals surface area contributed by atoms with Crippen molar-refractivity contribution < 1.29 is 13.9 Å². The Balaban J connectivity index is 1.18. The summed E-state index contributed by atoms with van der Waals surface area (Å²) < 4.78 is 15.8. The highest BCUT2D eigenvalue weighted by Crippen LogP contribution is 2.22. The molecule has 0 bridgehead atoms. The van der Waals surface area contributed by atoms with Crippen LogP contribution in [0.25, 0.3) is 16.6 Å². The van der Waals surface area contributed by atoms with Gasteiger partial charge < -0.3 is 18.3 Å². The lowest BCUT2D eigenvalue weighted by Crippen LogP contribution is -2.16. The van der Waals surface area contributed by atoms with Gasteiger partial charge in [0.25, 0.3) is 0 Å². The third kappa shape index (κ3) is 5.11. The first kappa shape index (κ1) is 23.9. The van der Waals surface area contributed by atoms with Crippen molar-refractivity contribution in [2.75, 3.05) is 0 Å². The number of amides is 1. The first-order valence-corrected chi connectivity index (χ1v) is 12.0. The van der Waals surface area contributed by atoms with Crippen LogP contribution in [0, 0.1) is 13.8 Å². The molecule has 0 unspecified atom stereocenters. The summed E-state index contributed by atoms with van der Waals surface area (Å²) in [6.07, 6.45) is 5.46. The van der Waals surface area contributed by atoms with Crippen molar-refractivity contribution in [1.29, 1.82) is 0 Å². The molecule has 7 nitrogen and oxygen atoms in total. The molecule has 2 aromatic carbocycles. The van der Waals surface area contributed by atoms with Crippen LogP contribution in [-0.2, 0) is 13.2 Å². The number of rotatable bonds is 9. The van der Waals surface area contributed by atoms with E-state index in [0.29, 0.717) is 18.1 Å². The van der Waals surface area contributed by atoms with Crippen LogP contribution < -0.4 is 10.2 Å². The number of carbonyl (C=O) groups is 1. The van der Waals surface area contributed by atoms with E-state index in [4.69, 9.17) is 9.15 Å². The number of para-hydroxylation sites is 1. The molecule has 0 saturated carbocycles. The van der Waals surface area contributed by atoms with E-state index in [1.54, 1.807) is 18.3 Å². The van der Waals surface area contributed by atoms with Crippen molar-refractivity contribution in [3.05, 3.63) is 120 Å². The second kappa shape index (κ2) is 10.5. The highest BCUT2D eigenvalue weighted by Gasteiger charge is 2.12. The molecule has 0 aliphatic heterocycles. The van der Waals surface area contributed by atoms with Gasteiger partial charge in [0.1, 0.15) is 18.1 Å². The quantitative estimate of drug-likeness (QED) is 0.152. The number of carbonyl (C=O) groups excluding carboxylic acids is 1. The number of hydrogen-bond acceptors (Lipinski definition) is 4. The Bertz CT molecular complexity index is 1570. The van der Waals surface area contributed by atoms with Gasteiger partial charge in [-0.1, -0.05) is 24.3 Å². The minimum atomic E-state index is -0.431. The van der Waals surface area contributed by atoms with E-state index >= 15 is 0 Å². The fourth-order valence-electron chi connectivity index (χ4n) is 4.38. The molecule has 0 atom stereocenters. The number of ether oxygens (including phenoxy) is 1. The largest absolute Gasteiger partial charge is 0.486 e. The van der Waals surface area contributed by atoms with E-state index < -0.39 is 5.91 Å². The zero-order valence-corrected chi connectivity index (χ0v) is 20.8. The van der Waals surface area contributed by atoms with Crippen molar-refractivity contribution in [2.24, 2.45) is 5.10 Å². The number of hydrazone groups is 1. The summed E-state index contributed by atoms with van der Waals surface area (Å²) in [5.41, 5.74) is 7.95. The molecule has 1 N–H and O–H groups in total. The smallest absolute Gasteiger partial charge is 0.307 e. The maximum absolute atomic E-state index is 12.5. The number of hydrogen-bond donors (Lipinski definition) is 1. The van der Waals surface area contributed by atoms with Crippen LogP contribution in [-0.4, -0.2) is 21.3 Å². The average Bonchev–Trinajstić information content (AvgIpc) is 3.61. The molecule has 3 aromatic heterocycles. The Hall–Kier alpha value is -4.78. The second-order valence-electron chi connectivity index (χ2n) is 8.74. The standard InChI is InChI=1S/C30H28N4O3/c1-4-17-33-19-23(27-7-5-6-8-28(27)33)18-31-32-30(35)29-16-15-26(37-29)20-36-25-13-11-24(12-14-25)34-21(2)9-10-22(34)3/h4-16,18-19H,1,17,20H2,2-3H3,(H,32,35)/b31-18+. The lowest BCUT2D eigenvalue weighted by atomic mass is 10.2. The van der Waals surface area contributed by atoms with Crippen molar-refractivity contribution in [1.82, 2.24) is 14.6 Å². The van der Waals surface area contributed by atoms with Gasteiger partial charge >= 0.3 is 5.91 Å². The van der Waals surface area contributed by atoms with E-state index in [9.17, 15) is 4.79 Å². The third-order valence-corrected chi connectivity index (χ3v) is 6.15. The lowest BCUT2D eigenvalue weighted by Gasteiger charge is -2.10. The van der Waals surface area contributed by atoms with E-state index in [1.807, 2.05) is 60.8 Å². The summed E-state index contributed by atoms with van der Waals surface area (Å²) in [5, 5.41) is 5.18. The van der Waals surface area contributed by atoms with Crippen LogP contribution in [0.1, 0.15) is 33.3 Å². The van der Waals surface area contributed by atoms with Crippen molar-refractivity contribution in [3.8, 4) is 11.4 Å². The highest BCUT2D eigenvalue weighted by atomic mass is 16.5. The predicted octanol–water partition coefficient (Wildman–Crippen LogP) is 6.17. The van der Waals surface area contributed by atoms with Crippen LogP contribution in [0.5, 0.6) is 5.75 Å². The summed E-state index contributed by atoms with van der Waals surface area (Å²) >= 11 is 0. The number of nitrogens with one attached hydrogen (secondary N) is 1. The van der Waals surface area contributed by atoms with E-state index in [1.165, 1.54) is 11.4 Å². The highest BCUT2D eigenvalue weighted by molar-refractivity contribution is 6.00. The fourth-order valence-corrected chi connectivity index (χ4v) is 4.38. The molecule has 7 heteroatoms. The van der Waals surface area contributed by atoms with Gasteiger partial charge in [0, 0.05) is 46.3 Å². The van der Waals surface area contributed by atoms with Gasteiger partial charge in [-0.05, 0) is 68.4 Å². The molecular weight excluding hydrogens is 464 g/mol. The Morgan fingerprint density at radius 3 is 2.54 bits per heavy atom. The molecule has 0 spiro atoms. The lowest BCUT2D eigenvalue weighted by molar-refractivity contribution is 0.0923. The Kier molecular flexibility index (Phi) is 6.76. The van der Waals surface area contributed by atoms with Gasteiger partial charge in [-0.25, -0.2) is 5.43 Å². The molecule has 5 rings (SSSR count). The first-order valence-electron chi connectivity index (χ1n) is 12.0. The molecule has 0 saturated heterocycles. The summed E-state index contributed by atoms with van der Waals surface area (Å²) in [6.45, 7) is 8.87. The van der Waals surface area contributed by atoms with Crippen LogP contribution in [0.2, 0.25) is 0 Å². The number of aryl methyl sites for hydroxylation is 2. The summed E-state index contributed by atoms with van der Waals surface area (Å²) in [6, 6.07) is 23.4. The Labute approximate surface area is 215 Å². The van der Waals surface area contributed by atoms with Crippen LogP contribution in [0.15, 0.2) is 101 Å². The van der Waals surface area contributed by atoms with Gasteiger partial charge in [0.05, 0.1) is 6.21 Å². The minimum absolute atomic E-state index is 0.166. The molecule has 0 radical (unpaired) electrons. The third-order valence-electron chi connectivity index (χ3n) is 6.15. The Morgan fingerprint density at radius 2 is 1.78 bits per heavy atom. The molecule has 0 aliphatic rings. The Morgan fingerprint density at radius 1 is 1.03 bits per heavy atom. The van der Waals surface area contributed by atoms with Gasteiger partial charge in [0.15, 0.2) is 5.76 Å². The maximum Gasteiger partial charge on any atom is 0.307 e. The van der Waals surface area contributed by atoms with Gasteiger partial charge in [-0.15, -0.1) is 6.58 Å². The summed E-state index contributed by atoms with van der Waals surface area (Å²) in [5.74, 6) is 0.995. The summed E-state index contributed by atoms with van der Waals surface area (Å²) in [7, 11) is 0. The monoisotopic (exact) mass is 492 g/mol. The van der Waals surface area contributed by atoms with Crippen molar-refractivity contribution in [2.45, 2.75) is 27.0 Å². The maximum atomic E-state index is 12.5. The average molecular weight is 493 g/mol. The van der Waals surface area contributed by atoms with Crippen LogP contribution in [0.4, 0.5) is 0 Å². The van der Waals surface area contributed by atoms with E-state index in [0.717, 1.165) is 22.2 Å². The minimum Gasteiger partial charge on any atom is -0.486 e. The van der Waals surface area contributed by atoms with E-state index in [-0.39, 0.29) is 12.4 Å². The van der Waals surface area contributed by atoms with Gasteiger partial charge in [0.2, 0.25) is 0 Å². The molecular formula is C30H28N4O3. The molecule has 5 aromatic rings. The molecule has 3 heterocycles. The number of aromatic nitrogens is 2. The second-order valence-corrected chi connectivity index (χ2v) is 8.74. The molecule has 37 heavy (non-hydrogen) atoms. The van der Waals surface area contributed by atoms with Crippen LogP contribution >= 0.6 is 0 Å². The summed E-state index contributed by atoms with van der Waals surface area (Å²) in [4.78, 5) is 12.5. The number of nitrogens with zero attached hydrogens (tertiary/aromatic N) is 3. The molecule has 0 aliphatic carbocycles. The fraction of sp³-hybridized carbons (Fsp3) is 0.133. The molecule has 0 fully saturated rings. The van der Waals surface area contributed by atoms with Gasteiger partial charge in [-0.2, -0.15) is 5.10 Å². The predicted molar refractivity (Wildman–Crippen MR) is 145 cm³/mol. The van der Waals surface area contributed by atoms with Crippen molar-refractivity contribution >= 4 is 23.0 Å². The number of fused-ring (bicyclic) bond motifs is 1. The van der Waals surface area contributed by atoms with Crippen LogP contribution in [0.3, 0.4) is 0 Å². The van der Waals surface area contributed by atoms with Crippen molar-refractivity contribution in [3.63, 3.8) is 0 Å². The molecule has 186 valence electrons. The number of benzene rings is 2. The number of allylic oxidation sites excluding steroid dienone is 1. The normalized spacial score (nSPS) is 11.3. The topological polar surface area (TPSA) is 73.7 Å². The SMILES string of the molecule is C=CCn1cc(/C=N/NC(=O)c2ccc(COc3ccc(-n4c(C)ccc4C)cc3)o2)c2ccccc21. The zero-order chi connectivity index (χ0) is 25.8. The van der Waals surface area contributed by atoms with Gasteiger partial charge in [-0.3, -0.25) is 4.79 Å². The zero-order valence-electron chi connectivity index (χ0n) is 20.8.